The van der Waals surface area contributed by atoms with Crippen molar-refractivity contribution in [2.75, 3.05) is 44.9 Å². The van der Waals surface area contributed by atoms with Gasteiger partial charge < -0.3 is 19.3 Å². The first-order valence-corrected chi connectivity index (χ1v) is 9.50. The van der Waals surface area contributed by atoms with E-state index >= 15 is 0 Å². The van der Waals surface area contributed by atoms with Gasteiger partial charge in [-0.25, -0.2) is 4.98 Å². The van der Waals surface area contributed by atoms with Crippen LogP contribution in [0.1, 0.15) is 34.8 Å². The summed E-state index contributed by atoms with van der Waals surface area (Å²) in [5.41, 5.74) is 1.80. The van der Waals surface area contributed by atoms with E-state index in [1.807, 2.05) is 29.2 Å². The van der Waals surface area contributed by atoms with Gasteiger partial charge in [0.05, 0.1) is 31.9 Å². The number of carbonyl (C=O) groups excluding carboxylic acids is 1. The Bertz CT molecular complexity index is 770. The number of ether oxygens (including phenoxy) is 2. The van der Waals surface area contributed by atoms with Crippen molar-refractivity contribution in [3.63, 3.8) is 0 Å². The van der Waals surface area contributed by atoms with Crippen molar-refractivity contribution in [3.8, 4) is 5.75 Å². The maximum atomic E-state index is 13.1. The van der Waals surface area contributed by atoms with Crippen LogP contribution in [0.25, 0.3) is 0 Å². The molecule has 0 N–H and O–H groups in total. The molecule has 2 aliphatic rings. The lowest BCUT2D eigenvalue weighted by molar-refractivity contribution is 0.0735. The van der Waals surface area contributed by atoms with Crippen LogP contribution in [-0.4, -0.2) is 55.7 Å². The molecule has 142 valence electrons. The van der Waals surface area contributed by atoms with E-state index in [2.05, 4.69) is 22.0 Å². The number of anilines is 1. The summed E-state index contributed by atoms with van der Waals surface area (Å²) in [4.78, 5) is 21.7. The Labute approximate surface area is 159 Å². The van der Waals surface area contributed by atoms with E-state index in [9.17, 15) is 4.79 Å². The number of carbonyl (C=O) groups is 1. The third-order valence-electron chi connectivity index (χ3n) is 5.34. The average Bonchev–Trinajstić information content (AvgIpc) is 3.24. The Balaban J connectivity index is 1.48. The zero-order valence-electron chi connectivity index (χ0n) is 15.6. The fourth-order valence-electron chi connectivity index (χ4n) is 3.84. The van der Waals surface area contributed by atoms with Crippen LogP contribution in [0.5, 0.6) is 5.75 Å². The van der Waals surface area contributed by atoms with Crippen molar-refractivity contribution in [3.05, 3.63) is 53.7 Å². The van der Waals surface area contributed by atoms with Gasteiger partial charge in [-0.15, -0.1) is 0 Å². The number of rotatable bonds is 4. The number of morpholine rings is 1. The molecule has 2 aliphatic heterocycles. The molecule has 0 radical (unpaired) electrons. The third kappa shape index (κ3) is 3.76. The highest BCUT2D eigenvalue weighted by Crippen LogP contribution is 2.34. The van der Waals surface area contributed by atoms with Gasteiger partial charge in [0, 0.05) is 25.8 Å². The van der Waals surface area contributed by atoms with Crippen LogP contribution < -0.4 is 9.64 Å². The molecule has 1 aromatic heterocycles. The molecule has 1 amide bonds. The largest absolute Gasteiger partial charge is 0.497 e. The Hall–Kier alpha value is -2.60. The average molecular weight is 367 g/mol. The number of benzene rings is 1. The smallest absolute Gasteiger partial charge is 0.255 e. The van der Waals surface area contributed by atoms with Crippen molar-refractivity contribution in [1.29, 1.82) is 0 Å². The first kappa shape index (κ1) is 17.8. The Morgan fingerprint density at radius 3 is 2.56 bits per heavy atom. The Morgan fingerprint density at radius 1 is 1.11 bits per heavy atom. The standard InChI is InChI=1S/C21H25N3O3/c1-26-18-7-4-16(5-8-18)19-3-2-10-24(19)21(25)17-6-9-20(22-15-17)23-11-13-27-14-12-23/h4-9,15,19H,2-3,10-14H2,1H3/t19-/m1/s1. The van der Waals surface area contributed by atoms with E-state index in [1.54, 1.807) is 13.3 Å². The lowest BCUT2D eigenvalue weighted by Crippen LogP contribution is -2.36. The van der Waals surface area contributed by atoms with Crippen molar-refractivity contribution in [2.45, 2.75) is 18.9 Å². The number of hydrogen-bond acceptors (Lipinski definition) is 5. The molecule has 0 saturated carbocycles. The fraction of sp³-hybridized carbons (Fsp3) is 0.429. The number of pyridine rings is 1. The molecule has 27 heavy (non-hydrogen) atoms. The van der Waals surface area contributed by atoms with Crippen LogP contribution in [0.15, 0.2) is 42.6 Å². The number of methoxy groups -OCH3 is 1. The summed E-state index contributed by atoms with van der Waals surface area (Å²) in [5.74, 6) is 1.79. The summed E-state index contributed by atoms with van der Waals surface area (Å²) >= 11 is 0. The number of amides is 1. The van der Waals surface area contributed by atoms with E-state index in [0.717, 1.165) is 62.8 Å². The lowest BCUT2D eigenvalue weighted by atomic mass is 10.0. The number of nitrogens with zero attached hydrogens (tertiary/aromatic N) is 3. The van der Waals surface area contributed by atoms with Crippen molar-refractivity contribution >= 4 is 11.7 Å². The maximum absolute atomic E-state index is 13.1. The van der Waals surface area contributed by atoms with Gasteiger partial charge in [-0.2, -0.15) is 0 Å². The highest BCUT2D eigenvalue weighted by atomic mass is 16.5. The summed E-state index contributed by atoms with van der Waals surface area (Å²) in [6.45, 7) is 3.90. The van der Waals surface area contributed by atoms with Crippen molar-refractivity contribution in [1.82, 2.24) is 9.88 Å². The van der Waals surface area contributed by atoms with Crippen LogP contribution in [0, 0.1) is 0 Å². The molecular weight excluding hydrogens is 342 g/mol. The van der Waals surface area contributed by atoms with E-state index in [1.165, 1.54) is 0 Å². The van der Waals surface area contributed by atoms with Crippen LogP contribution in [-0.2, 0) is 4.74 Å². The summed E-state index contributed by atoms with van der Waals surface area (Å²) < 4.78 is 10.6. The molecule has 0 unspecified atom stereocenters. The first-order valence-electron chi connectivity index (χ1n) is 9.50. The van der Waals surface area contributed by atoms with Gasteiger partial charge in [0.15, 0.2) is 0 Å². The summed E-state index contributed by atoms with van der Waals surface area (Å²) in [5, 5.41) is 0. The second-order valence-corrected chi connectivity index (χ2v) is 6.93. The molecule has 3 heterocycles. The van der Waals surface area contributed by atoms with E-state index in [4.69, 9.17) is 9.47 Å². The van der Waals surface area contributed by atoms with Gasteiger partial charge in [-0.1, -0.05) is 12.1 Å². The number of hydrogen-bond donors (Lipinski definition) is 0. The monoisotopic (exact) mass is 367 g/mol. The molecule has 0 bridgehead atoms. The van der Waals surface area contributed by atoms with Gasteiger partial charge in [0.1, 0.15) is 11.6 Å². The lowest BCUT2D eigenvalue weighted by Gasteiger charge is -2.28. The van der Waals surface area contributed by atoms with E-state index in [0.29, 0.717) is 5.56 Å². The second kappa shape index (κ2) is 7.96. The molecule has 6 heteroatoms. The zero-order valence-corrected chi connectivity index (χ0v) is 15.6. The third-order valence-corrected chi connectivity index (χ3v) is 5.34. The molecule has 1 atom stereocenters. The molecule has 2 aromatic rings. The second-order valence-electron chi connectivity index (χ2n) is 6.93. The van der Waals surface area contributed by atoms with E-state index < -0.39 is 0 Å². The predicted molar refractivity (Wildman–Crippen MR) is 103 cm³/mol. The van der Waals surface area contributed by atoms with Crippen LogP contribution >= 0.6 is 0 Å². The minimum absolute atomic E-state index is 0.0503. The molecule has 0 aliphatic carbocycles. The molecule has 0 spiro atoms. The first-order chi connectivity index (χ1) is 13.3. The SMILES string of the molecule is COc1ccc([C@H]2CCCN2C(=O)c2ccc(N3CCOCC3)nc2)cc1. The number of aromatic nitrogens is 1. The minimum Gasteiger partial charge on any atom is -0.497 e. The fourth-order valence-corrected chi connectivity index (χ4v) is 3.84. The van der Waals surface area contributed by atoms with Gasteiger partial charge in [0.25, 0.3) is 5.91 Å². The summed E-state index contributed by atoms with van der Waals surface area (Å²) in [6, 6.07) is 12.0. The summed E-state index contributed by atoms with van der Waals surface area (Å²) in [7, 11) is 1.66. The van der Waals surface area contributed by atoms with Crippen molar-refractivity contribution in [2.24, 2.45) is 0 Å². The predicted octanol–water partition coefficient (Wildman–Crippen LogP) is 2.90. The van der Waals surface area contributed by atoms with Crippen molar-refractivity contribution < 1.29 is 14.3 Å². The van der Waals surface area contributed by atoms with Gasteiger partial charge in [-0.3, -0.25) is 4.79 Å². The van der Waals surface area contributed by atoms with Gasteiger partial charge in [-0.05, 0) is 42.7 Å². The highest BCUT2D eigenvalue weighted by molar-refractivity contribution is 5.94. The molecule has 2 fully saturated rings. The highest BCUT2D eigenvalue weighted by Gasteiger charge is 2.30. The van der Waals surface area contributed by atoms with Crippen LogP contribution in [0.3, 0.4) is 0 Å². The van der Waals surface area contributed by atoms with Crippen LogP contribution in [0.4, 0.5) is 5.82 Å². The molecule has 6 nitrogen and oxygen atoms in total. The molecule has 4 rings (SSSR count). The van der Waals surface area contributed by atoms with E-state index in [-0.39, 0.29) is 11.9 Å². The normalized spacial score (nSPS) is 20.0. The number of likely N-dealkylation sites (tertiary alicyclic amines) is 1. The quantitative estimate of drug-likeness (QED) is 0.832. The molecule has 2 saturated heterocycles. The Kier molecular flexibility index (Phi) is 5.25. The van der Waals surface area contributed by atoms with Crippen LogP contribution in [0.2, 0.25) is 0 Å². The molecular formula is C21H25N3O3. The topological polar surface area (TPSA) is 54.9 Å². The Morgan fingerprint density at radius 2 is 1.89 bits per heavy atom. The maximum Gasteiger partial charge on any atom is 0.255 e. The zero-order chi connectivity index (χ0) is 18.6. The minimum atomic E-state index is 0.0503. The molecule has 1 aromatic carbocycles. The van der Waals surface area contributed by atoms with Gasteiger partial charge >= 0.3 is 0 Å². The summed E-state index contributed by atoms with van der Waals surface area (Å²) in [6.07, 6.45) is 3.70. The van der Waals surface area contributed by atoms with Gasteiger partial charge in [0.2, 0.25) is 0 Å².